The summed E-state index contributed by atoms with van der Waals surface area (Å²) in [5.74, 6) is 0.773. The summed E-state index contributed by atoms with van der Waals surface area (Å²) >= 11 is 11.9. The van der Waals surface area contributed by atoms with Crippen LogP contribution in [0.1, 0.15) is 24.5 Å². The number of hydrogen-bond donors (Lipinski definition) is 2. The van der Waals surface area contributed by atoms with Gasteiger partial charge in [-0.2, -0.15) is 0 Å². The van der Waals surface area contributed by atoms with E-state index in [4.69, 9.17) is 27.9 Å². The summed E-state index contributed by atoms with van der Waals surface area (Å²) in [5.41, 5.74) is 0.976. The quantitative estimate of drug-likeness (QED) is 0.719. The molecule has 0 aliphatic carbocycles. The molecular weight excluding hydrogens is 385 g/mol. The zero-order chi connectivity index (χ0) is 19.2. The molecule has 0 amide bonds. The number of hydrogen-bond acceptors (Lipinski definition) is 4. The molecule has 1 heterocycles. The number of rotatable bonds is 7. The molecule has 3 rings (SSSR count). The number of piperidine rings is 1. The molecule has 2 atom stereocenters. The number of likely N-dealkylation sites (tertiary alicyclic amines) is 1. The van der Waals surface area contributed by atoms with Gasteiger partial charge >= 0.3 is 0 Å². The number of β-amino-alcohol motifs (C(OH)–C–C–N with tert-alkyl or cyclic N) is 1. The minimum absolute atomic E-state index is 0.175. The predicted octanol–water partition coefficient (Wildman–Crippen LogP) is 4.18. The van der Waals surface area contributed by atoms with Crippen molar-refractivity contribution in [3.63, 3.8) is 0 Å². The Labute approximate surface area is 170 Å². The van der Waals surface area contributed by atoms with E-state index in [9.17, 15) is 10.2 Å². The van der Waals surface area contributed by atoms with Crippen LogP contribution in [-0.2, 0) is 0 Å². The van der Waals surface area contributed by atoms with E-state index in [1.54, 1.807) is 18.2 Å². The summed E-state index contributed by atoms with van der Waals surface area (Å²) in [4.78, 5) is 2.21. The third kappa shape index (κ3) is 5.84. The summed E-state index contributed by atoms with van der Waals surface area (Å²) in [6.07, 6.45) is 0.792. The van der Waals surface area contributed by atoms with Crippen LogP contribution in [0.2, 0.25) is 10.0 Å². The van der Waals surface area contributed by atoms with Crippen LogP contribution in [0.25, 0.3) is 0 Å². The Morgan fingerprint density at radius 3 is 2.41 bits per heavy atom. The first kappa shape index (κ1) is 20.4. The van der Waals surface area contributed by atoms with Crippen LogP contribution in [0.5, 0.6) is 5.75 Å². The molecule has 0 saturated carbocycles. The van der Waals surface area contributed by atoms with Gasteiger partial charge in [0.15, 0.2) is 0 Å². The average molecular weight is 410 g/mol. The van der Waals surface area contributed by atoms with Crippen molar-refractivity contribution in [2.45, 2.75) is 25.0 Å². The summed E-state index contributed by atoms with van der Waals surface area (Å²) in [6.45, 7) is 2.42. The second kappa shape index (κ2) is 9.76. The molecule has 0 radical (unpaired) electrons. The van der Waals surface area contributed by atoms with Gasteiger partial charge in [0.05, 0.1) is 11.1 Å². The molecule has 0 bridgehead atoms. The number of nitrogens with zero attached hydrogens (tertiary/aromatic N) is 1. The number of ether oxygens (including phenoxy) is 1. The van der Waals surface area contributed by atoms with E-state index in [-0.39, 0.29) is 12.5 Å². The fourth-order valence-corrected chi connectivity index (χ4v) is 3.97. The van der Waals surface area contributed by atoms with Gasteiger partial charge in [-0.05, 0) is 55.6 Å². The average Bonchev–Trinajstić information content (AvgIpc) is 2.68. The van der Waals surface area contributed by atoms with E-state index in [2.05, 4.69) is 4.90 Å². The van der Waals surface area contributed by atoms with Gasteiger partial charge in [0.2, 0.25) is 0 Å². The summed E-state index contributed by atoms with van der Waals surface area (Å²) in [5, 5.41) is 21.8. The van der Waals surface area contributed by atoms with Crippen molar-refractivity contribution in [1.82, 2.24) is 4.90 Å². The second-order valence-corrected chi connectivity index (χ2v) is 7.88. The standard InChI is InChI=1S/C21H25Cl2NO3/c22-17-6-7-20(19(23)12-17)27-14-18(25)13-24-10-8-16(9-11-24)21(26)15-4-2-1-3-5-15/h1-7,12,16,18,21,25-26H,8-11,13-14H2/t18-,21-/m1/s1. The Morgan fingerprint density at radius 2 is 1.74 bits per heavy atom. The van der Waals surface area contributed by atoms with E-state index < -0.39 is 12.2 Å². The highest BCUT2D eigenvalue weighted by atomic mass is 35.5. The monoisotopic (exact) mass is 409 g/mol. The normalized spacial score (nSPS) is 18.2. The van der Waals surface area contributed by atoms with Crippen molar-refractivity contribution in [2.75, 3.05) is 26.2 Å². The fourth-order valence-electron chi connectivity index (χ4n) is 3.50. The van der Waals surface area contributed by atoms with E-state index >= 15 is 0 Å². The lowest BCUT2D eigenvalue weighted by molar-refractivity contribution is 0.0279. The maximum atomic E-state index is 10.6. The zero-order valence-corrected chi connectivity index (χ0v) is 16.6. The van der Waals surface area contributed by atoms with Crippen molar-refractivity contribution < 1.29 is 14.9 Å². The molecule has 2 aromatic carbocycles. The molecule has 4 nitrogen and oxygen atoms in total. The van der Waals surface area contributed by atoms with Gasteiger partial charge in [-0.1, -0.05) is 53.5 Å². The van der Waals surface area contributed by atoms with E-state index in [1.807, 2.05) is 30.3 Å². The van der Waals surface area contributed by atoms with Gasteiger partial charge in [0.1, 0.15) is 18.5 Å². The lowest BCUT2D eigenvalue weighted by Gasteiger charge is -2.35. The van der Waals surface area contributed by atoms with Crippen LogP contribution in [-0.4, -0.2) is 47.5 Å². The molecule has 146 valence electrons. The van der Waals surface area contributed by atoms with Crippen LogP contribution < -0.4 is 4.74 Å². The van der Waals surface area contributed by atoms with Crippen LogP contribution >= 0.6 is 23.2 Å². The van der Waals surface area contributed by atoms with E-state index in [1.165, 1.54) is 0 Å². The van der Waals surface area contributed by atoms with Crippen molar-refractivity contribution in [2.24, 2.45) is 5.92 Å². The molecule has 0 spiro atoms. The molecule has 0 aromatic heterocycles. The van der Waals surface area contributed by atoms with Gasteiger partial charge in [-0.3, -0.25) is 0 Å². The zero-order valence-electron chi connectivity index (χ0n) is 15.1. The lowest BCUT2D eigenvalue weighted by atomic mass is 9.87. The molecule has 1 fully saturated rings. The molecule has 2 aromatic rings. The Hall–Kier alpha value is -1.30. The Morgan fingerprint density at radius 1 is 1.04 bits per heavy atom. The van der Waals surface area contributed by atoms with Gasteiger partial charge in [0.25, 0.3) is 0 Å². The van der Waals surface area contributed by atoms with Crippen LogP contribution in [0.4, 0.5) is 0 Å². The van der Waals surface area contributed by atoms with Crippen LogP contribution in [0.3, 0.4) is 0 Å². The molecule has 1 saturated heterocycles. The first-order valence-electron chi connectivity index (χ1n) is 9.24. The third-order valence-electron chi connectivity index (χ3n) is 5.01. The number of halogens is 2. The molecule has 1 aliphatic heterocycles. The highest BCUT2D eigenvalue weighted by molar-refractivity contribution is 6.35. The van der Waals surface area contributed by atoms with Crippen LogP contribution in [0.15, 0.2) is 48.5 Å². The maximum Gasteiger partial charge on any atom is 0.138 e. The first-order chi connectivity index (χ1) is 13.0. The Balaban J connectivity index is 1.42. The Bertz CT molecular complexity index is 721. The van der Waals surface area contributed by atoms with Crippen molar-refractivity contribution in [3.8, 4) is 5.75 Å². The smallest absolute Gasteiger partial charge is 0.138 e. The number of aliphatic hydroxyl groups is 2. The number of aliphatic hydroxyl groups excluding tert-OH is 2. The molecule has 1 aliphatic rings. The number of benzene rings is 2. The minimum Gasteiger partial charge on any atom is -0.489 e. The largest absolute Gasteiger partial charge is 0.489 e. The summed E-state index contributed by atoms with van der Waals surface area (Å²) < 4.78 is 5.61. The minimum atomic E-state index is -0.604. The third-order valence-corrected chi connectivity index (χ3v) is 5.54. The maximum absolute atomic E-state index is 10.6. The molecular formula is C21H25Cl2NO3. The second-order valence-electron chi connectivity index (χ2n) is 7.03. The van der Waals surface area contributed by atoms with Gasteiger partial charge in [0, 0.05) is 11.6 Å². The van der Waals surface area contributed by atoms with Gasteiger partial charge in [-0.25, -0.2) is 0 Å². The van der Waals surface area contributed by atoms with E-state index in [0.29, 0.717) is 22.3 Å². The van der Waals surface area contributed by atoms with Gasteiger partial charge < -0.3 is 19.8 Å². The summed E-state index contributed by atoms with van der Waals surface area (Å²) in [7, 11) is 0. The highest BCUT2D eigenvalue weighted by Gasteiger charge is 2.27. The van der Waals surface area contributed by atoms with E-state index in [0.717, 1.165) is 31.5 Å². The SMILES string of the molecule is O[C@@H](COc1ccc(Cl)cc1Cl)CN1CCC([C@H](O)c2ccccc2)CC1. The molecule has 27 heavy (non-hydrogen) atoms. The Kier molecular flexibility index (Phi) is 7.39. The van der Waals surface area contributed by atoms with Gasteiger partial charge in [-0.15, -0.1) is 0 Å². The summed E-state index contributed by atoms with van der Waals surface area (Å²) in [6, 6.07) is 14.8. The van der Waals surface area contributed by atoms with Crippen molar-refractivity contribution >= 4 is 23.2 Å². The predicted molar refractivity (Wildman–Crippen MR) is 109 cm³/mol. The lowest BCUT2D eigenvalue weighted by Crippen LogP contribution is -2.41. The molecule has 0 unspecified atom stereocenters. The molecule has 2 N–H and O–H groups in total. The topological polar surface area (TPSA) is 52.9 Å². The highest BCUT2D eigenvalue weighted by Crippen LogP contribution is 2.31. The fraction of sp³-hybridized carbons (Fsp3) is 0.429. The van der Waals surface area contributed by atoms with Crippen molar-refractivity contribution in [3.05, 3.63) is 64.1 Å². The van der Waals surface area contributed by atoms with Crippen LogP contribution in [0, 0.1) is 5.92 Å². The molecule has 6 heteroatoms. The first-order valence-corrected chi connectivity index (χ1v) is 10.00. The van der Waals surface area contributed by atoms with Crippen molar-refractivity contribution in [1.29, 1.82) is 0 Å².